The van der Waals surface area contributed by atoms with Crippen molar-refractivity contribution in [2.24, 2.45) is 0 Å². The number of carbonyl (C=O) groups is 2. The van der Waals surface area contributed by atoms with E-state index in [2.05, 4.69) is 11.4 Å². The minimum Gasteiger partial charge on any atom is -0.497 e. The van der Waals surface area contributed by atoms with Crippen molar-refractivity contribution < 1.29 is 14.3 Å². The van der Waals surface area contributed by atoms with Gasteiger partial charge in [-0.15, -0.1) is 11.8 Å². The number of rotatable bonds is 11. The summed E-state index contributed by atoms with van der Waals surface area (Å²) in [6, 6.07) is 15.9. The van der Waals surface area contributed by atoms with Crippen molar-refractivity contribution in [2.45, 2.75) is 76.8 Å². The number of thioether (sulfide) groups is 1. The van der Waals surface area contributed by atoms with E-state index in [1.54, 1.807) is 23.8 Å². The van der Waals surface area contributed by atoms with Gasteiger partial charge in [-0.2, -0.15) is 0 Å². The van der Waals surface area contributed by atoms with Crippen LogP contribution in [-0.2, 0) is 21.9 Å². The summed E-state index contributed by atoms with van der Waals surface area (Å²) in [5, 5.41) is 3.24. The van der Waals surface area contributed by atoms with Crippen molar-refractivity contribution in [1.82, 2.24) is 10.2 Å². The number of carbonyl (C=O) groups excluding carboxylic acids is 2. The second-order valence-electron chi connectivity index (χ2n) is 9.12. The summed E-state index contributed by atoms with van der Waals surface area (Å²) in [5.41, 5.74) is 3.35. The molecule has 5 nitrogen and oxygen atoms in total. The van der Waals surface area contributed by atoms with Crippen molar-refractivity contribution >= 4 is 23.6 Å². The first-order valence-corrected chi connectivity index (χ1v) is 13.5. The molecule has 1 unspecified atom stereocenters. The van der Waals surface area contributed by atoms with E-state index in [0.29, 0.717) is 18.7 Å². The summed E-state index contributed by atoms with van der Waals surface area (Å²) < 4.78 is 5.22. The quantitative estimate of drug-likeness (QED) is 0.460. The molecule has 0 heterocycles. The highest BCUT2D eigenvalue weighted by Gasteiger charge is 2.30. The highest BCUT2D eigenvalue weighted by Crippen LogP contribution is 2.21. The van der Waals surface area contributed by atoms with Gasteiger partial charge in [-0.25, -0.2) is 0 Å². The van der Waals surface area contributed by atoms with Gasteiger partial charge in [-0.3, -0.25) is 9.59 Å². The van der Waals surface area contributed by atoms with Gasteiger partial charge in [0.25, 0.3) is 0 Å². The van der Waals surface area contributed by atoms with E-state index < -0.39 is 6.04 Å². The van der Waals surface area contributed by atoms with E-state index in [4.69, 9.17) is 4.74 Å². The first-order valence-electron chi connectivity index (χ1n) is 12.4. The number of ether oxygens (including phenoxy) is 1. The molecule has 1 aliphatic rings. The molecule has 1 aliphatic carbocycles. The van der Waals surface area contributed by atoms with Gasteiger partial charge in [-0.1, -0.05) is 68.1 Å². The minimum atomic E-state index is -0.462. The van der Waals surface area contributed by atoms with Gasteiger partial charge in [0.2, 0.25) is 11.8 Å². The monoisotopic (exact) mass is 482 g/mol. The van der Waals surface area contributed by atoms with Gasteiger partial charge in [0, 0.05) is 18.3 Å². The molecule has 1 N–H and O–H groups in total. The number of benzene rings is 2. The molecule has 0 spiro atoms. The second-order valence-corrected chi connectivity index (χ2v) is 10.1. The van der Waals surface area contributed by atoms with E-state index in [9.17, 15) is 9.59 Å². The Bertz CT molecular complexity index is 926. The van der Waals surface area contributed by atoms with Crippen LogP contribution in [0.4, 0.5) is 0 Å². The average molecular weight is 483 g/mol. The van der Waals surface area contributed by atoms with Crippen molar-refractivity contribution in [3.8, 4) is 5.75 Å². The Morgan fingerprint density at radius 2 is 1.82 bits per heavy atom. The topological polar surface area (TPSA) is 58.6 Å². The third kappa shape index (κ3) is 7.79. The van der Waals surface area contributed by atoms with E-state index in [1.807, 2.05) is 56.3 Å². The number of hydrogen-bond donors (Lipinski definition) is 1. The van der Waals surface area contributed by atoms with Gasteiger partial charge < -0.3 is 15.0 Å². The van der Waals surface area contributed by atoms with Crippen LogP contribution in [0.5, 0.6) is 5.75 Å². The molecule has 2 amide bonds. The van der Waals surface area contributed by atoms with E-state index in [-0.39, 0.29) is 17.9 Å². The summed E-state index contributed by atoms with van der Waals surface area (Å²) in [6.45, 7) is 4.49. The van der Waals surface area contributed by atoms with E-state index >= 15 is 0 Å². The van der Waals surface area contributed by atoms with Crippen LogP contribution in [0, 0.1) is 6.92 Å². The van der Waals surface area contributed by atoms with Crippen LogP contribution in [0.15, 0.2) is 48.5 Å². The van der Waals surface area contributed by atoms with Gasteiger partial charge in [0.05, 0.1) is 12.9 Å². The smallest absolute Gasteiger partial charge is 0.243 e. The first kappa shape index (κ1) is 26.1. The van der Waals surface area contributed by atoms with Crippen LogP contribution in [0.3, 0.4) is 0 Å². The van der Waals surface area contributed by atoms with Crippen LogP contribution in [0.2, 0.25) is 0 Å². The minimum absolute atomic E-state index is 0.00524. The lowest BCUT2D eigenvalue weighted by Gasteiger charge is -2.33. The molecule has 6 heteroatoms. The highest BCUT2D eigenvalue weighted by molar-refractivity contribution is 7.99. The maximum atomic E-state index is 13.4. The number of methoxy groups -OCH3 is 1. The fourth-order valence-corrected chi connectivity index (χ4v) is 5.40. The molecule has 184 valence electrons. The van der Waals surface area contributed by atoms with Gasteiger partial charge in [-0.05, 0) is 49.4 Å². The number of hydrogen-bond acceptors (Lipinski definition) is 4. The third-order valence-electron chi connectivity index (χ3n) is 6.43. The normalized spacial score (nSPS) is 14.9. The maximum absolute atomic E-state index is 13.4. The van der Waals surface area contributed by atoms with Crippen LogP contribution in [-0.4, -0.2) is 41.7 Å². The fourth-order valence-electron chi connectivity index (χ4n) is 4.53. The molecular formula is C28H38N2O3S. The molecule has 1 saturated carbocycles. The molecule has 0 bridgehead atoms. The van der Waals surface area contributed by atoms with Crippen molar-refractivity contribution in [3.05, 3.63) is 65.2 Å². The number of nitrogens with one attached hydrogen (secondary N) is 1. The fraction of sp³-hybridized carbons (Fsp3) is 0.500. The van der Waals surface area contributed by atoms with Crippen molar-refractivity contribution in [1.29, 1.82) is 0 Å². The standard InChI is InChI=1S/C28H38N2O3S/c1-4-26(28(32)29-24-11-6-5-7-12-24)30(18-23-10-8-9-21(2)17-23)27(31)20-34-19-22-13-15-25(33-3)16-14-22/h8-10,13-17,24,26H,4-7,11-12,18-20H2,1-3H3,(H,29,32). The Balaban J connectivity index is 1.68. The molecule has 0 aliphatic heterocycles. The molecule has 2 aromatic rings. The Morgan fingerprint density at radius 3 is 2.47 bits per heavy atom. The van der Waals surface area contributed by atoms with Gasteiger partial charge >= 0.3 is 0 Å². The largest absolute Gasteiger partial charge is 0.497 e. The third-order valence-corrected chi connectivity index (χ3v) is 7.41. The predicted molar refractivity (Wildman–Crippen MR) is 140 cm³/mol. The summed E-state index contributed by atoms with van der Waals surface area (Å²) in [5.74, 6) is 1.88. The Kier molecular flexibility index (Phi) is 10.3. The van der Waals surface area contributed by atoms with E-state index in [0.717, 1.165) is 53.9 Å². The van der Waals surface area contributed by atoms with Crippen LogP contribution >= 0.6 is 11.8 Å². The van der Waals surface area contributed by atoms with Crippen LogP contribution in [0.25, 0.3) is 0 Å². The van der Waals surface area contributed by atoms with Crippen LogP contribution in [0.1, 0.15) is 62.1 Å². The number of nitrogens with zero attached hydrogens (tertiary/aromatic N) is 1. The molecule has 0 aromatic heterocycles. The Morgan fingerprint density at radius 1 is 1.09 bits per heavy atom. The zero-order chi connectivity index (χ0) is 24.3. The lowest BCUT2D eigenvalue weighted by molar-refractivity contribution is -0.139. The average Bonchev–Trinajstić information content (AvgIpc) is 2.85. The molecule has 0 radical (unpaired) electrons. The SMILES string of the molecule is CCC(C(=O)NC1CCCCC1)N(Cc1cccc(C)c1)C(=O)CSCc1ccc(OC)cc1. The molecule has 1 fully saturated rings. The first-order chi connectivity index (χ1) is 16.5. The number of amides is 2. The lowest BCUT2D eigenvalue weighted by Crippen LogP contribution is -2.52. The zero-order valence-electron chi connectivity index (χ0n) is 20.7. The van der Waals surface area contributed by atoms with Crippen molar-refractivity contribution in [2.75, 3.05) is 12.9 Å². The Hall–Kier alpha value is -2.47. The van der Waals surface area contributed by atoms with E-state index in [1.165, 1.54) is 6.42 Å². The number of aryl methyl sites for hydroxylation is 1. The molecule has 0 saturated heterocycles. The summed E-state index contributed by atoms with van der Waals surface area (Å²) in [6.07, 6.45) is 6.23. The maximum Gasteiger partial charge on any atom is 0.243 e. The molecule has 2 aromatic carbocycles. The molecule has 1 atom stereocenters. The van der Waals surface area contributed by atoms with Gasteiger partial charge in [0.1, 0.15) is 11.8 Å². The molecule has 3 rings (SSSR count). The second kappa shape index (κ2) is 13.4. The summed E-state index contributed by atoms with van der Waals surface area (Å²) >= 11 is 1.58. The lowest BCUT2D eigenvalue weighted by atomic mass is 9.95. The van der Waals surface area contributed by atoms with Crippen molar-refractivity contribution in [3.63, 3.8) is 0 Å². The summed E-state index contributed by atoms with van der Waals surface area (Å²) in [4.78, 5) is 28.5. The van der Waals surface area contributed by atoms with Crippen LogP contribution < -0.4 is 10.1 Å². The molecular weight excluding hydrogens is 444 g/mol. The summed E-state index contributed by atoms with van der Waals surface area (Å²) in [7, 11) is 1.65. The highest BCUT2D eigenvalue weighted by atomic mass is 32.2. The zero-order valence-corrected chi connectivity index (χ0v) is 21.5. The van der Waals surface area contributed by atoms with Gasteiger partial charge in [0.15, 0.2) is 0 Å². The predicted octanol–water partition coefficient (Wildman–Crippen LogP) is 5.49. The Labute approximate surface area is 208 Å². The molecule has 34 heavy (non-hydrogen) atoms.